The molecule has 5 heteroatoms. The average Bonchev–Trinajstić information content (AvgIpc) is 2.36. The molecule has 1 unspecified atom stereocenters. The molecule has 0 saturated carbocycles. The third-order valence-corrected chi connectivity index (χ3v) is 2.86. The third-order valence-electron chi connectivity index (χ3n) is 2.86. The van der Waals surface area contributed by atoms with Crippen molar-refractivity contribution < 1.29 is 14.7 Å². The summed E-state index contributed by atoms with van der Waals surface area (Å²) in [4.78, 5) is 24.9. The minimum absolute atomic E-state index is 0.243. The number of amides is 1. The van der Waals surface area contributed by atoms with Crippen LogP contribution in [0.15, 0.2) is 24.3 Å². The summed E-state index contributed by atoms with van der Waals surface area (Å²) in [6, 6.07) is 9.39. The maximum Gasteiger partial charge on any atom is 0.259 e. The van der Waals surface area contributed by atoms with Gasteiger partial charge in [0.05, 0.1) is 12.2 Å². The first-order chi connectivity index (χ1) is 8.50. The lowest BCUT2D eigenvalue weighted by Crippen LogP contribution is -2.59. The van der Waals surface area contributed by atoms with Gasteiger partial charge < -0.3 is 10.8 Å². The normalized spacial score (nSPS) is 21.9. The molecule has 1 aromatic rings. The summed E-state index contributed by atoms with van der Waals surface area (Å²) in [6.07, 6.45) is 0. The molecule has 1 atom stereocenters. The Hall–Kier alpha value is -2.32. The second-order valence-electron chi connectivity index (χ2n) is 4.02. The highest BCUT2D eigenvalue weighted by atomic mass is 16.3. The van der Waals surface area contributed by atoms with E-state index >= 15 is 0 Å². The Morgan fingerprint density at radius 3 is 2.78 bits per heavy atom. The number of hydrogen-bond donors (Lipinski definition) is 2. The Balaban J connectivity index is 2.62. The molecule has 0 fully saturated rings. The summed E-state index contributed by atoms with van der Waals surface area (Å²) in [5.74, 6) is 0.926. The number of fused-ring (bicyclic) bond motifs is 1. The lowest BCUT2D eigenvalue weighted by molar-refractivity contribution is -0.131. The van der Waals surface area contributed by atoms with Crippen LogP contribution < -0.4 is 10.6 Å². The maximum absolute atomic E-state index is 12.1. The third kappa shape index (κ3) is 1.63. The highest BCUT2D eigenvalue weighted by molar-refractivity contribution is 6.20. The fraction of sp³-hybridized carbons (Fsp3) is 0.231. The number of carbonyl (C=O) groups excluding carboxylic acids is 2. The van der Waals surface area contributed by atoms with E-state index in [9.17, 15) is 14.7 Å². The largest absolute Gasteiger partial charge is 0.371 e. The molecule has 0 aromatic heterocycles. The van der Waals surface area contributed by atoms with Crippen LogP contribution in [0.1, 0.15) is 17.3 Å². The van der Waals surface area contributed by atoms with Gasteiger partial charge in [0.1, 0.15) is 0 Å². The quantitative estimate of drug-likeness (QED) is 0.533. The zero-order chi connectivity index (χ0) is 13.3. The van der Waals surface area contributed by atoms with Gasteiger partial charge >= 0.3 is 0 Å². The Morgan fingerprint density at radius 1 is 1.50 bits per heavy atom. The van der Waals surface area contributed by atoms with E-state index in [-0.39, 0.29) is 12.1 Å². The molecule has 2 rings (SSSR count). The van der Waals surface area contributed by atoms with Crippen molar-refractivity contribution in [1.29, 1.82) is 0 Å². The molecule has 0 bridgehead atoms. The maximum atomic E-state index is 12.1. The van der Waals surface area contributed by atoms with Crippen LogP contribution in [0, 0.1) is 12.0 Å². The molecule has 1 amide bonds. The van der Waals surface area contributed by atoms with Crippen LogP contribution in [0.2, 0.25) is 0 Å². The monoisotopic (exact) mass is 244 g/mol. The van der Waals surface area contributed by atoms with Crippen molar-refractivity contribution in [2.24, 2.45) is 5.73 Å². The van der Waals surface area contributed by atoms with E-state index in [2.05, 4.69) is 12.0 Å². The van der Waals surface area contributed by atoms with Gasteiger partial charge in [0.2, 0.25) is 11.4 Å². The highest BCUT2D eigenvalue weighted by Crippen LogP contribution is 2.31. The van der Waals surface area contributed by atoms with Gasteiger partial charge in [0.25, 0.3) is 5.91 Å². The zero-order valence-electron chi connectivity index (χ0n) is 9.80. The lowest BCUT2D eigenvalue weighted by Gasteiger charge is -2.34. The molecule has 5 nitrogen and oxygen atoms in total. The topological polar surface area (TPSA) is 83.6 Å². The molecule has 1 aliphatic heterocycles. The fourth-order valence-corrected chi connectivity index (χ4v) is 1.93. The lowest BCUT2D eigenvalue weighted by atomic mass is 9.86. The Kier molecular flexibility index (Phi) is 2.81. The predicted molar refractivity (Wildman–Crippen MR) is 65.7 cm³/mol. The Morgan fingerprint density at radius 2 is 2.17 bits per heavy atom. The number of nitrogens with zero attached hydrogens (tertiary/aromatic N) is 1. The van der Waals surface area contributed by atoms with E-state index in [1.807, 2.05) is 0 Å². The number of rotatable bonds is 1. The van der Waals surface area contributed by atoms with E-state index < -0.39 is 17.3 Å². The summed E-state index contributed by atoms with van der Waals surface area (Å²) in [6.45, 7) is 1.38. The van der Waals surface area contributed by atoms with E-state index in [0.717, 1.165) is 0 Å². The van der Waals surface area contributed by atoms with Gasteiger partial charge in [-0.25, -0.2) is 0 Å². The minimum atomic E-state index is -2.22. The first-order valence-corrected chi connectivity index (χ1v) is 5.36. The molecular formula is C13H12N2O3. The van der Waals surface area contributed by atoms with Gasteiger partial charge in [-0.3, -0.25) is 14.5 Å². The van der Waals surface area contributed by atoms with E-state index in [4.69, 9.17) is 5.73 Å². The van der Waals surface area contributed by atoms with Gasteiger partial charge in [-0.1, -0.05) is 18.1 Å². The van der Waals surface area contributed by atoms with Crippen LogP contribution in [0.4, 0.5) is 5.69 Å². The summed E-state index contributed by atoms with van der Waals surface area (Å²) >= 11 is 0. The molecule has 1 heterocycles. The van der Waals surface area contributed by atoms with Gasteiger partial charge in [-0.2, -0.15) is 0 Å². The molecule has 18 heavy (non-hydrogen) atoms. The minimum Gasteiger partial charge on any atom is -0.371 e. The number of carbonyl (C=O) groups is 2. The molecule has 3 N–H and O–H groups in total. The number of benzene rings is 1. The second-order valence-corrected chi connectivity index (χ2v) is 4.02. The summed E-state index contributed by atoms with van der Waals surface area (Å²) in [7, 11) is 0. The average molecular weight is 244 g/mol. The molecular weight excluding hydrogens is 232 g/mol. The molecule has 0 saturated heterocycles. The van der Waals surface area contributed by atoms with Crippen molar-refractivity contribution in [2.75, 3.05) is 11.4 Å². The van der Waals surface area contributed by atoms with Gasteiger partial charge in [0.15, 0.2) is 0 Å². The number of Topliss-reactive ketones (excluding diaryl/α,β-unsaturated/α-hetero) is 1. The van der Waals surface area contributed by atoms with E-state index in [1.54, 1.807) is 25.1 Å². The second kappa shape index (κ2) is 4.17. The van der Waals surface area contributed by atoms with Gasteiger partial charge in [-0.15, -0.1) is 0 Å². The number of β-amino-alcohol motifs (C(OH)–C–C–N with tert-alkyl or cyclic N) is 1. The molecule has 92 valence electrons. The van der Waals surface area contributed by atoms with Crippen molar-refractivity contribution in [3.05, 3.63) is 29.8 Å². The molecule has 0 spiro atoms. The first kappa shape index (κ1) is 12.1. The fourth-order valence-electron chi connectivity index (χ4n) is 1.93. The molecule has 1 aliphatic rings. The van der Waals surface area contributed by atoms with E-state index in [0.29, 0.717) is 5.69 Å². The Bertz CT molecular complexity index is 585. The smallest absolute Gasteiger partial charge is 0.259 e. The van der Waals surface area contributed by atoms with Gasteiger partial charge in [0, 0.05) is 11.6 Å². The van der Waals surface area contributed by atoms with Crippen molar-refractivity contribution in [2.45, 2.75) is 12.5 Å². The van der Waals surface area contributed by atoms with Gasteiger partial charge in [-0.05, 0) is 19.1 Å². The number of aliphatic hydroxyl groups is 1. The highest BCUT2D eigenvalue weighted by Gasteiger charge is 2.48. The van der Waals surface area contributed by atoms with E-state index in [1.165, 1.54) is 11.0 Å². The summed E-state index contributed by atoms with van der Waals surface area (Å²) in [5, 5.41) is 10.1. The number of anilines is 1. The zero-order valence-corrected chi connectivity index (χ0v) is 9.80. The van der Waals surface area contributed by atoms with Crippen molar-refractivity contribution in [3.63, 3.8) is 0 Å². The molecule has 0 aliphatic carbocycles. The summed E-state index contributed by atoms with van der Waals surface area (Å²) < 4.78 is 0. The van der Waals surface area contributed by atoms with Crippen molar-refractivity contribution in [3.8, 4) is 12.0 Å². The number of para-hydroxylation sites is 1. The molecule has 1 aromatic carbocycles. The Labute approximate surface area is 104 Å². The number of ketones is 1. The SMILES string of the molecule is CC#CN1CC(O)(C(N)=O)C(=O)c2ccccc21. The van der Waals surface area contributed by atoms with Crippen LogP contribution >= 0.6 is 0 Å². The number of primary amides is 1. The standard InChI is InChI=1S/C13H12N2O3/c1-2-7-15-8-13(18,12(14)17)11(16)9-5-3-4-6-10(9)15/h3-6,18H,8H2,1H3,(H2,14,17). The van der Waals surface area contributed by atoms with Crippen LogP contribution in [-0.2, 0) is 4.79 Å². The first-order valence-electron chi connectivity index (χ1n) is 5.36. The van der Waals surface area contributed by atoms with Crippen LogP contribution in [0.5, 0.6) is 0 Å². The number of nitrogens with two attached hydrogens (primary N) is 1. The van der Waals surface area contributed by atoms with Crippen LogP contribution in [0.3, 0.4) is 0 Å². The predicted octanol–water partition coefficient (Wildman–Crippen LogP) is -0.114. The molecule has 0 radical (unpaired) electrons. The number of hydrogen-bond acceptors (Lipinski definition) is 4. The van der Waals surface area contributed by atoms with Crippen molar-refractivity contribution in [1.82, 2.24) is 0 Å². The van der Waals surface area contributed by atoms with Crippen LogP contribution in [-0.4, -0.2) is 28.9 Å². The summed E-state index contributed by atoms with van der Waals surface area (Å²) in [5.41, 5.74) is 3.71. The van der Waals surface area contributed by atoms with Crippen molar-refractivity contribution >= 4 is 17.4 Å². The van der Waals surface area contributed by atoms with Crippen LogP contribution in [0.25, 0.3) is 0 Å².